The molecule has 0 aliphatic carbocycles. The number of aryl methyl sites for hydroxylation is 1. The zero-order valence-corrected chi connectivity index (χ0v) is 10.9. The zero-order chi connectivity index (χ0) is 13.4. The Hall–Kier alpha value is -2.27. The molecule has 1 aromatic carbocycles. The number of nitrogens with one attached hydrogen (secondary N) is 1. The van der Waals surface area contributed by atoms with Crippen molar-refractivity contribution in [3.63, 3.8) is 0 Å². The smallest absolute Gasteiger partial charge is 0.167 e. The summed E-state index contributed by atoms with van der Waals surface area (Å²) in [6.07, 6.45) is 3.65. The van der Waals surface area contributed by atoms with Gasteiger partial charge in [0.25, 0.3) is 0 Å². The molecule has 1 unspecified atom stereocenters. The number of hydrogen-bond donors (Lipinski definition) is 2. The van der Waals surface area contributed by atoms with E-state index < -0.39 is 0 Å². The molecule has 0 fully saturated rings. The second-order valence-electron chi connectivity index (χ2n) is 4.74. The third kappa shape index (κ3) is 2.08. The predicted octanol–water partition coefficient (Wildman–Crippen LogP) is 2.35. The Morgan fingerprint density at radius 1 is 1.26 bits per heavy atom. The summed E-state index contributed by atoms with van der Waals surface area (Å²) in [6.45, 7) is 3.91. The van der Waals surface area contributed by atoms with Crippen molar-refractivity contribution in [2.24, 2.45) is 5.73 Å². The van der Waals surface area contributed by atoms with Crippen molar-refractivity contribution in [3.05, 3.63) is 42.0 Å². The highest BCUT2D eigenvalue weighted by Gasteiger charge is 2.10. The number of nitrogens with zero attached hydrogens (tertiary/aromatic N) is 3. The molecule has 0 spiro atoms. The van der Waals surface area contributed by atoms with E-state index in [-0.39, 0.29) is 6.04 Å². The van der Waals surface area contributed by atoms with Gasteiger partial charge < -0.3 is 10.7 Å². The van der Waals surface area contributed by atoms with E-state index in [9.17, 15) is 0 Å². The van der Waals surface area contributed by atoms with E-state index in [1.807, 2.05) is 13.1 Å². The van der Waals surface area contributed by atoms with Crippen LogP contribution in [0.15, 0.2) is 30.6 Å². The normalized spacial score (nSPS) is 12.8. The lowest BCUT2D eigenvalue weighted by Crippen LogP contribution is -2.10. The maximum Gasteiger partial charge on any atom is 0.167 e. The first kappa shape index (κ1) is 11.8. The van der Waals surface area contributed by atoms with Gasteiger partial charge in [0.1, 0.15) is 5.69 Å². The Bertz CT molecular complexity index is 712. The summed E-state index contributed by atoms with van der Waals surface area (Å²) >= 11 is 0. The molecule has 0 saturated heterocycles. The Labute approximate surface area is 110 Å². The number of fused-ring (bicyclic) bond motifs is 1. The third-order valence-corrected chi connectivity index (χ3v) is 3.10. The first-order valence-corrected chi connectivity index (χ1v) is 6.18. The minimum atomic E-state index is -0.202. The molecule has 96 valence electrons. The average molecular weight is 253 g/mol. The lowest BCUT2D eigenvalue weighted by molar-refractivity contribution is 0.709. The molecular formula is C14H15N5. The van der Waals surface area contributed by atoms with Crippen molar-refractivity contribution >= 4 is 10.9 Å². The van der Waals surface area contributed by atoms with Crippen LogP contribution in [0.5, 0.6) is 0 Å². The van der Waals surface area contributed by atoms with Crippen LogP contribution >= 0.6 is 0 Å². The van der Waals surface area contributed by atoms with E-state index >= 15 is 0 Å². The van der Waals surface area contributed by atoms with Crippen LogP contribution in [0.3, 0.4) is 0 Å². The predicted molar refractivity (Wildman–Crippen MR) is 74.5 cm³/mol. The van der Waals surface area contributed by atoms with Gasteiger partial charge in [-0.3, -0.25) is 0 Å². The molecule has 19 heavy (non-hydrogen) atoms. The number of hydrogen-bond acceptors (Lipinski definition) is 4. The van der Waals surface area contributed by atoms with E-state index in [0.29, 0.717) is 5.82 Å². The highest BCUT2D eigenvalue weighted by atomic mass is 15.2. The van der Waals surface area contributed by atoms with Gasteiger partial charge in [-0.25, -0.2) is 4.98 Å². The monoisotopic (exact) mass is 253 g/mol. The van der Waals surface area contributed by atoms with Gasteiger partial charge in [0.05, 0.1) is 12.2 Å². The number of aromatic nitrogens is 4. The van der Waals surface area contributed by atoms with E-state index in [4.69, 9.17) is 5.73 Å². The average Bonchev–Trinajstić information content (AvgIpc) is 2.81. The molecule has 5 heteroatoms. The summed E-state index contributed by atoms with van der Waals surface area (Å²) in [7, 11) is 0. The molecule has 3 aromatic rings. The van der Waals surface area contributed by atoms with Crippen LogP contribution in [0.1, 0.15) is 24.4 Å². The summed E-state index contributed by atoms with van der Waals surface area (Å²) in [6, 6.07) is 6.06. The number of H-pyrrole nitrogens is 1. The number of nitrogens with two attached hydrogens (primary N) is 1. The van der Waals surface area contributed by atoms with Crippen molar-refractivity contribution in [1.29, 1.82) is 0 Å². The summed E-state index contributed by atoms with van der Waals surface area (Å²) in [5.74, 6) is 0.555. The fraction of sp³-hybridized carbons (Fsp3) is 0.214. The summed E-state index contributed by atoms with van der Waals surface area (Å²) in [4.78, 5) is 7.48. The molecule has 3 N–H and O–H groups in total. The number of aromatic amines is 1. The Balaban J connectivity index is 2.11. The zero-order valence-electron chi connectivity index (χ0n) is 10.9. The Morgan fingerprint density at radius 2 is 2.11 bits per heavy atom. The van der Waals surface area contributed by atoms with Crippen LogP contribution in [0.25, 0.3) is 22.2 Å². The van der Waals surface area contributed by atoms with Crippen molar-refractivity contribution < 1.29 is 0 Å². The fourth-order valence-corrected chi connectivity index (χ4v) is 2.06. The van der Waals surface area contributed by atoms with Gasteiger partial charge in [-0.1, -0.05) is 11.6 Å². The molecule has 0 radical (unpaired) electrons. The highest BCUT2D eigenvalue weighted by molar-refractivity contribution is 5.94. The highest BCUT2D eigenvalue weighted by Crippen LogP contribution is 2.27. The third-order valence-electron chi connectivity index (χ3n) is 3.10. The molecule has 0 aliphatic heterocycles. The second kappa shape index (κ2) is 4.44. The number of rotatable bonds is 2. The summed E-state index contributed by atoms with van der Waals surface area (Å²) in [5, 5.41) is 9.40. The fourth-order valence-electron chi connectivity index (χ4n) is 2.06. The van der Waals surface area contributed by atoms with Crippen molar-refractivity contribution in [2.75, 3.05) is 0 Å². The molecule has 0 amide bonds. The van der Waals surface area contributed by atoms with E-state index in [2.05, 4.69) is 45.3 Å². The van der Waals surface area contributed by atoms with Crippen LogP contribution in [-0.2, 0) is 0 Å². The molecule has 2 heterocycles. The van der Waals surface area contributed by atoms with Crippen LogP contribution < -0.4 is 5.73 Å². The Morgan fingerprint density at radius 3 is 2.79 bits per heavy atom. The van der Waals surface area contributed by atoms with Crippen molar-refractivity contribution in [3.8, 4) is 11.3 Å². The molecule has 0 bridgehead atoms. The molecule has 0 saturated carbocycles. The van der Waals surface area contributed by atoms with Crippen molar-refractivity contribution in [1.82, 2.24) is 20.2 Å². The van der Waals surface area contributed by atoms with Gasteiger partial charge in [0.2, 0.25) is 0 Å². The van der Waals surface area contributed by atoms with Gasteiger partial charge in [-0.15, -0.1) is 10.2 Å². The molecule has 2 aromatic heterocycles. The second-order valence-corrected chi connectivity index (χ2v) is 4.74. The van der Waals surface area contributed by atoms with Gasteiger partial charge in [-0.2, -0.15) is 0 Å². The summed E-state index contributed by atoms with van der Waals surface area (Å²) in [5.41, 5.74) is 9.77. The van der Waals surface area contributed by atoms with E-state index in [0.717, 1.165) is 22.2 Å². The SMILES string of the molecule is Cc1ccc2[nH]cc(-c3cnc(C(C)N)nn3)c2c1. The molecule has 0 aliphatic rings. The standard InChI is InChI=1S/C14H15N5/c1-8-3-4-12-10(5-8)11(6-16-12)13-7-17-14(9(2)15)19-18-13/h3-7,9,16H,15H2,1-2H3. The largest absolute Gasteiger partial charge is 0.360 e. The number of benzene rings is 1. The molecule has 1 atom stereocenters. The Kier molecular flexibility index (Phi) is 2.76. The van der Waals surface area contributed by atoms with Gasteiger partial charge in [-0.05, 0) is 26.0 Å². The topological polar surface area (TPSA) is 80.5 Å². The van der Waals surface area contributed by atoms with Crippen LogP contribution in [-0.4, -0.2) is 20.2 Å². The quantitative estimate of drug-likeness (QED) is 0.734. The minimum absolute atomic E-state index is 0.202. The van der Waals surface area contributed by atoms with Crippen LogP contribution in [0, 0.1) is 6.92 Å². The van der Waals surface area contributed by atoms with Crippen LogP contribution in [0.4, 0.5) is 0 Å². The van der Waals surface area contributed by atoms with E-state index in [1.165, 1.54) is 5.56 Å². The molecular weight excluding hydrogens is 238 g/mol. The van der Waals surface area contributed by atoms with Crippen molar-refractivity contribution in [2.45, 2.75) is 19.9 Å². The molecule has 5 nitrogen and oxygen atoms in total. The van der Waals surface area contributed by atoms with Gasteiger partial charge in [0, 0.05) is 22.7 Å². The molecule has 3 rings (SSSR count). The maximum atomic E-state index is 5.72. The lowest BCUT2D eigenvalue weighted by Gasteiger charge is -2.03. The first-order valence-electron chi connectivity index (χ1n) is 6.18. The van der Waals surface area contributed by atoms with Gasteiger partial charge in [0.15, 0.2) is 5.82 Å². The van der Waals surface area contributed by atoms with Gasteiger partial charge >= 0.3 is 0 Å². The lowest BCUT2D eigenvalue weighted by atomic mass is 10.1. The van der Waals surface area contributed by atoms with E-state index in [1.54, 1.807) is 6.20 Å². The van der Waals surface area contributed by atoms with Crippen LogP contribution in [0.2, 0.25) is 0 Å². The summed E-state index contributed by atoms with van der Waals surface area (Å²) < 4.78 is 0. The maximum absolute atomic E-state index is 5.72. The minimum Gasteiger partial charge on any atom is -0.360 e. The first-order chi connectivity index (χ1) is 9.15.